The molecule has 120 valence electrons. The molecule has 0 unspecified atom stereocenters. The van der Waals surface area contributed by atoms with Crippen LogP contribution in [-0.4, -0.2) is 18.0 Å². The molecule has 1 aromatic heterocycles. The van der Waals surface area contributed by atoms with Crippen molar-refractivity contribution in [3.05, 3.63) is 63.5 Å². The van der Waals surface area contributed by atoms with Crippen molar-refractivity contribution in [2.45, 2.75) is 13.0 Å². The average Bonchev–Trinajstić information content (AvgIpc) is 2.51. The molecule has 1 atom stereocenters. The van der Waals surface area contributed by atoms with Gasteiger partial charge in [0.15, 0.2) is 12.3 Å². The molecule has 2 rings (SSSR count). The Kier molecular flexibility index (Phi) is 5.41. The number of nitrogens with zero attached hydrogens (tertiary/aromatic N) is 1. The van der Waals surface area contributed by atoms with Crippen LogP contribution in [0.4, 0.5) is 5.69 Å². The SMILES string of the molecule is C[C@H](OC(=O)c1cccc[n+]1[O-])C(=O)Nc1cc(Cl)ccc1Cl. The number of hydrogen-bond acceptors (Lipinski definition) is 4. The number of nitrogens with one attached hydrogen (secondary N) is 1. The Morgan fingerprint density at radius 2 is 2.00 bits per heavy atom. The minimum Gasteiger partial charge on any atom is -0.618 e. The van der Waals surface area contributed by atoms with E-state index in [4.69, 9.17) is 27.9 Å². The van der Waals surface area contributed by atoms with Gasteiger partial charge in [-0.25, -0.2) is 4.79 Å². The van der Waals surface area contributed by atoms with E-state index in [-0.39, 0.29) is 5.69 Å². The van der Waals surface area contributed by atoms with Crippen LogP contribution in [0, 0.1) is 5.21 Å². The molecular formula is C15H12Cl2N2O4. The van der Waals surface area contributed by atoms with Gasteiger partial charge in [0.2, 0.25) is 0 Å². The number of aromatic nitrogens is 1. The number of carbonyl (C=O) groups excluding carboxylic acids is 2. The Morgan fingerprint density at radius 1 is 1.26 bits per heavy atom. The van der Waals surface area contributed by atoms with Crippen LogP contribution in [0.5, 0.6) is 0 Å². The van der Waals surface area contributed by atoms with Crippen molar-refractivity contribution in [1.29, 1.82) is 0 Å². The summed E-state index contributed by atoms with van der Waals surface area (Å²) in [4.78, 5) is 23.9. The fourth-order valence-electron chi connectivity index (χ4n) is 1.69. The van der Waals surface area contributed by atoms with Crippen LogP contribution in [0.25, 0.3) is 0 Å². The van der Waals surface area contributed by atoms with E-state index in [0.29, 0.717) is 20.5 Å². The predicted molar refractivity (Wildman–Crippen MR) is 85.4 cm³/mol. The Hall–Kier alpha value is -2.31. The van der Waals surface area contributed by atoms with Crippen molar-refractivity contribution in [3.8, 4) is 0 Å². The van der Waals surface area contributed by atoms with E-state index in [1.165, 1.54) is 37.3 Å². The Bertz CT molecular complexity index is 752. The molecule has 0 saturated carbocycles. The Morgan fingerprint density at radius 3 is 2.70 bits per heavy atom. The first-order valence-electron chi connectivity index (χ1n) is 6.53. The maximum atomic E-state index is 12.1. The molecule has 0 aliphatic rings. The molecule has 0 fully saturated rings. The van der Waals surface area contributed by atoms with Gasteiger partial charge in [-0.2, -0.15) is 4.73 Å². The number of amides is 1. The second-order valence-electron chi connectivity index (χ2n) is 4.57. The topological polar surface area (TPSA) is 82.3 Å². The lowest BCUT2D eigenvalue weighted by Crippen LogP contribution is -2.37. The van der Waals surface area contributed by atoms with Gasteiger partial charge in [0.05, 0.1) is 10.7 Å². The van der Waals surface area contributed by atoms with Gasteiger partial charge in [-0.15, -0.1) is 0 Å². The standard InChI is InChI=1S/C15H12Cl2N2O4/c1-9(23-15(21)13-4-2-3-7-19(13)22)14(20)18-12-8-10(16)5-6-11(12)17/h2-9H,1H3,(H,18,20)/t9-/m0/s1. The first-order valence-corrected chi connectivity index (χ1v) is 7.29. The zero-order valence-electron chi connectivity index (χ0n) is 12.0. The fourth-order valence-corrected chi connectivity index (χ4v) is 2.03. The highest BCUT2D eigenvalue weighted by molar-refractivity contribution is 6.35. The van der Waals surface area contributed by atoms with Crippen LogP contribution in [0.1, 0.15) is 17.4 Å². The van der Waals surface area contributed by atoms with Crippen molar-refractivity contribution < 1.29 is 19.1 Å². The molecule has 1 N–H and O–H groups in total. The Balaban J connectivity index is 2.04. The number of benzene rings is 1. The van der Waals surface area contributed by atoms with Gasteiger partial charge >= 0.3 is 11.7 Å². The lowest BCUT2D eigenvalue weighted by molar-refractivity contribution is -0.608. The smallest absolute Gasteiger partial charge is 0.405 e. The highest BCUT2D eigenvalue weighted by Crippen LogP contribution is 2.25. The summed E-state index contributed by atoms with van der Waals surface area (Å²) in [6.45, 7) is 1.38. The third-order valence-electron chi connectivity index (χ3n) is 2.87. The highest BCUT2D eigenvalue weighted by atomic mass is 35.5. The first-order chi connectivity index (χ1) is 10.9. The van der Waals surface area contributed by atoms with E-state index >= 15 is 0 Å². The van der Waals surface area contributed by atoms with E-state index in [0.717, 1.165) is 6.20 Å². The lowest BCUT2D eigenvalue weighted by Gasteiger charge is -2.14. The molecule has 2 aromatic rings. The third-order valence-corrected chi connectivity index (χ3v) is 3.44. The number of halogens is 2. The Labute approximate surface area is 142 Å². The van der Waals surface area contributed by atoms with E-state index in [2.05, 4.69) is 5.32 Å². The van der Waals surface area contributed by atoms with Gasteiger partial charge in [0, 0.05) is 17.2 Å². The zero-order chi connectivity index (χ0) is 17.0. The fraction of sp³-hybridized carbons (Fsp3) is 0.133. The quantitative estimate of drug-likeness (QED) is 0.519. The molecule has 0 spiro atoms. The summed E-state index contributed by atoms with van der Waals surface area (Å²) in [5.74, 6) is -1.50. The van der Waals surface area contributed by atoms with E-state index in [1.54, 1.807) is 6.07 Å². The zero-order valence-corrected chi connectivity index (χ0v) is 13.5. The van der Waals surface area contributed by atoms with Gasteiger partial charge in [-0.1, -0.05) is 23.2 Å². The summed E-state index contributed by atoms with van der Waals surface area (Å²) in [6, 6.07) is 8.86. The van der Waals surface area contributed by atoms with Crippen molar-refractivity contribution in [1.82, 2.24) is 0 Å². The molecule has 6 nitrogen and oxygen atoms in total. The van der Waals surface area contributed by atoms with Crippen molar-refractivity contribution in [2.24, 2.45) is 0 Å². The number of ether oxygens (including phenoxy) is 1. The molecular weight excluding hydrogens is 343 g/mol. The third kappa shape index (κ3) is 4.34. The van der Waals surface area contributed by atoms with Crippen molar-refractivity contribution >= 4 is 40.8 Å². The summed E-state index contributed by atoms with van der Waals surface area (Å²) >= 11 is 11.8. The maximum absolute atomic E-state index is 12.1. The van der Waals surface area contributed by atoms with E-state index in [1.807, 2.05) is 0 Å². The molecule has 23 heavy (non-hydrogen) atoms. The summed E-state index contributed by atoms with van der Waals surface area (Å²) in [6.07, 6.45) is 0.0327. The number of anilines is 1. The molecule has 1 amide bonds. The molecule has 0 aliphatic carbocycles. The first kappa shape index (κ1) is 17.1. The number of pyridine rings is 1. The molecule has 1 aromatic carbocycles. The van der Waals surface area contributed by atoms with Crippen LogP contribution < -0.4 is 10.0 Å². The van der Waals surface area contributed by atoms with E-state index < -0.39 is 18.0 Å². The molecule has 8 heteroatoms. The summed E-state index contributed by atoms with van der Waals surface area (Å²) in [7, 11) is 0. The molecule has 0 bridgehead atoms. The van der Waals surface area contributed by atoms with Crippen LogP contribution in [-0.2, 0) is 9.53 Å². The lowest BCUT2D eigenvalue weighted by atomic mass is 10.3. The van der Waals surface area contributed by atoms with Crippen molar-refractivity contribution in [3.63, 3.8) is 0 Å². The number of rotatable bonds is 4. The number of hydrogen-bond donors (Lipinski definition) is 1. The van der Waals surface area contributed by atoms with E-state index in [9.17, 15) is 14.8 Å². The number of esters is 1. The van der Waals surface area contributed by atoms with Gasteiger partial charge < -0.3 is 15.3 Å². The molecule has 0 saturated heterocycles. The summed E-state index contributed by atoms with van der Waals surface area (Å²) < 4.78 is 5.34. The van der Waals surface area contributed by atoms with Crippen LogP contribution in [0.2, 0.25) is 10.0 Å². The van der Waals surface area contributed by atoms with Gasteiger partial charge in [0.25, 0.3) is 5.91 Å². The van der Waals surface area contributed by atoms with Gasteiger partial charge in [-0.05, 0) is 31.2 Å². The second kappa shape index (κ2) is 7.30. The monoisotopic (exact) mass is 354 g/mol. The van der Waals surface area contributed by atoms with Gasteiger partial charge in [-0.3, -0.25) is 4.79 Å². The van der Waals surface area contributed by atoms with Crippen LogP contribution >= 0.6 is 23.2 Å². The summed E-state index contributed by atoms with van der Waals surface area (Å²) in [5, 5.41) is 14.7. The number of carbonyl (C=O) groups is 2. The second-order valence-corrected chi connectivity index (χ2v) is 5.42. The average molecular weight is 355 g/mol. The molecule has 1 heterocycles. The molecule has 0 aliphatic heterocycles. The minimum absolute atomic E-state index is 0.215. The predicted octanol–water partition coefficient (Wildman–Crippen LogP) is 2.81. The summed E-state index contributed by atoms with van der Waals surface area (Å²) in [5.41, 5.74) is 0.0820. The van der Waals surface area contributed by atoms with Crippen LogP contribution in [0.3, 0.4) is 0 Å². The maximum Gasteiger partial charge on any atom is 0.405 e. The highest BCUT2D eigenvalue weighted by Gasteiger charge is 2.24. The van der Waals surface area contributed by atoms with Crippen molar-refractivity contribution in [2.75, 3.05) is 5.32 Å². The largest absolute Gasteiger partial charge is 0.618 e. The normalized spacial score (nSPS) is 11.6. The minimum atomic E-state index is -1.13. The van der Waals surface area contributed by atoms with Gasteiger partial charge in [0.1, 0.15) is 0 Å². The molecule has 0 radical (unpaired) electrons. The van der Waals surface area contributed by atoms with Crippen LogP contribution in [0.15, 0.2) is 42.6 Å².